The Hall–Kier alpha value is -2.81. The average Bonchev–Trinajstić information content (AvgIpc) is 2.53. The molecule has 1 N–H and O–H groups in total. The predicted molar refractivity (Wildman–Crippen MR) is 88.8 cm³/mol. The van der Waals surface area contributed by atoms with Crippen LogP contribution in [0.25, 0.3) is 11.3 Å². The average molecular weight is 349 g/mol. The summed E-state index contributed by atoms with van der Waals surface area (Å²) in [5.41, 5.74) is 1.02. The Labute approximate surface area is 142 Å². The van der Waals surface area contributed by atoms with E-state index in [0.29, 0.717) is 11.3 Å². The summed E-state index contributed by atoms with van der Waals surface area (Å²) in [6.45, 7) is 3.53. The highest BCUT2D eigenvalue weighted by Crippen LogP contribution is 2.33. The monoisotopic (exact) mass is 349 g/mol. The van der Waals surface area contributed by atoms with Gasteiger partial charge in [0.15, 0.2) is 10.5 Å². The van der Waals surface area contributed by atoms with E-state index in [-0.39, 0.29) is 34.1 Å². The minimum Gasteiger partial charge on any atom is -0.490 e. The van der Waals surface area contributed by atoms with E-state index in [0.717, 1.165) is 0 Å². The van der Waals surface area contributed by atoms with Crippen molar-refractivity contribution >= 4 is 23.9 Å². The van der Waals surface area contributed by atoms with Gasteiger partial charge in [-0.15, -0.1) is 0 Å². The Bertz CT molecular complexity index is 863. The van der Waals surface area contributed by atoms with Gasteiger partial charge in [-0.25, -0.2) is 9.78 Å². The molecule has 0 atom stereocenters. The number of hydrogen-bond acceptors (Lipinski definition) is 7. The van der Waals surface area contributed by atoms with Crippen LogP contribution in [0, 0.1) is 21.8 Å². The van der Waals surface area contributed by atoms with Crippen molar-refractivity contribution in [2.45, 2.75) is 13.8 Å². The molecule has 2 aromatic rings. The van der Waals surface area contributed by atoms with Gasteiger partial charge in [-0.05, 0) is 38.2 Å². The molecule has 0 spiro atoms. The number of esters is 1. The molecular weight excluding hydrogens is 334 g/mol. The summed E-state index contributed by atoms with van der Waals surface area (Å²) in [5.74, 6) is -0.471. The third-order valence-electron chi connectivity index (χ3n) is 3.25. The molecular formula is C15H15N3O5S. The van der Waals surface area contributed by atoms with Crippen molar-refractivity contribution in [3.63, 3.8) is 0 Å². The number of methoxy groups -OCH3 is 1. The summed E-state index contributed by atoms with van der Waals surface area (Å²) < 4.78 is 10.2. The molecule has 0 aliphatic carbocycles. The number of ether oxygens (including phenoxy) is 2. The summed E-state index contributed by atoms with van der Waals surface area (Å²) in [5, 5.41) is 11.2. The summed E-state index contributed by atoms with van der Waals surface area (Å²) in [4.78, 5) is 29.8. The second kappa shape index (κ2) is 7.18. The zero-order chi connectivity index (χ0) is 17.9. The maximum absolute atomic E-state index is 12.2. The number of aromatic amines is 1. The number of nitrogens with zero attached hydrogens (tertiary/aromatic N) is 2. The molecule has 8 nitrogen and oxygen atoms in total. The molecule has 0 unspecified atom stereocenters. The number of hydrogen-bond donors (Lipinski definition) is 1. The number of aryl methyl sites for hydroxylation is 1. The van der Waals surface area contributed by atoms with Crippen molar-refractivity contribution in [2.24, 2.45) is 0 Å². The number of benzene rings is 1. The second-order valence-electron chi connectivity index (χ2n) is 4.75. The molecule has 0 radical (unpaired) electrons. The summed E-state index contributed by atoms with van der Waals surface area (Å²) in [7, 11) is 1.34. The quantitative estimate of drug-likeness (QED) is 0.382. The van der Waals surface area contributed by atoms with Crippen molar-refractivity contribution in [3.05, 3.63) is 44.3 Å². The fraction of sp³-hybridized carbons (Fsp3) is 0.267. The molecule has 1 aromatic carbocycles. The van der Waals surface area contributed by atoms with Gasteiger partial charge in [-0.2, -0.15) is 0 Å². The first-order valence-electron chi connectivity index (χ1n) is 6.99. The highest BCUT2D eigenvalue weighted by molar-refractivity contribution is 7.71. The van der Waals surface area contributed by atoms with Crippen LogP contribution in [0.3, 0.4) is 0 Å². The van der Waals surface area contributed by atoms with Gasteiger partial charge < -0.3 is 14.5 Å². The molecule has 0 saturated heterocycles. The first-order valence-corrected chi connectivity index (χ1v) is 7.40. The first-order chi connectivity index (χ1) is 11.4. The van der Waals surface area contributed by atoms with Gasteiger partial charge in [-0.1, -0.05) is 0 Å². The Balaban J connectivity index is 2.72. The van der Waals surface area contributed by atoms with Gasteiger partial charge >= 0.3 is 11.7 Å². The first kappa shape index (κ1) is 17.5. The zero-order valence-electron chi connectivity index (χ0n) is 13.3. The van der Waals surface area contributed by atoms with Gasteiger partial charge in [-0.3, -0.25) is 10.1 Å². The van der Waals surface area contributed by atoms with Crippen LogP contribution in [0.2, 0.25) is 0 Å². The minimum atomic E-state index is -0.581. The molecule has 0 saturated carbocycles. The molecule has 0 aliphatic heterocycles. The van der Waals surface area contributed by atoms with Gasteiger partial charge in [0.25, 0.3) is 0 Å². The van der Waals surface area contributed by atoms with Crippen LogP contribution in [0.5, 0.6) is 5.75 Å². The predicted octanol–water partition coefficient (Wildman–Crippen LogP) is 3.21. The zero-order valence-corrected chi connectivity index (χ0v) is 14.1. The summed E-state index contributed by atoms with van der Waals surface area (Å²) in [6, 6.07) is 4.31. The van der Waals surface area contributed by atoms with Crippen LogP contribution >= 0.6 is 12.2 Å². The molecule has 2 rings (SSSR count). The third kappa shape index (κ3) is 3.40. The van der Waals surface area contributed by atoms with E-state index >= 15 is 0 Å². The smallest absolute Gasteiger partial charge is 0.342 e. The molecule has 24 heavy (non-hydrogen) atoms. The standard InChI is InChI=1S/C15H15N3O5S/c1-4-23-14(19)12-8(2)16-15(24)17-13(12)9-5-6-11(22-3)10(7-9)18(20)21/h5-7H,4H2,1-3H3,(H,16,17,24). The molecule has 126 valence electrons. The number of aromatic nitrogens is 2. The Kier molecular flexibility index (Phi) is 5.24. The van der Waals surface area contributed by atoms with Crippen LogP contribution in [0.1, 0.15) is 23.0 Å². The Morgan fingerprint density at radius 3 is 2.75 bits per heavy atom. The third-order valence-corrected chi connectivity index (χ3v) is 3.44. The molecule has 1 heterocycles. The molecule has 0 aliphatic rings. The second-order valence-corrected chi connectivity index (χ2v) is 5.14. The molecule has 1 aromatic heterocycles. The number of nitrogens with one attached hydrogen (secondary N) is 1. The van der Waals surface area contributed by atoms with E-state index in [1.165, 1.54) is 19.2 Å². The summed E-state index contributed by atoms with van der Waals surface area (Å²) >= 11 is 5.05. The van der Waals surface area contributed by atoms with Crippen molar-refractivity contribution in [1.29, 1.82) is 0 Å². The lowest BCUT2D eigenvalue weighted by Gasteiger charge is -2.11. The number of carbonyl (C=O) groups excluding carboxylic acids is 1. The van der Waals surface area contributed by atoms with E-state index in [4.69, 9.17) is 21.7 Å². The molecule has 0 fully saturated rings. The van der Waals surface area contributed by atoms with Crippen LogP contribution in [0.4, 0.5) is 5.69 Å². The number of carbonyl (C=O) groups is 1. The topological polar surface area (TPSA) is 107 Å². The Morgan fingerprint density at radius 1 is 1.46 bits per heavy atom. The summed E-state index contributed by atoms with van der Waals surface area (Å²) in [6.07, 6.45) is 0. The molecule has 0 bridgehead atoms. The normalized spacial score (nSPS) is 10.3. The molecule has 9 heteroatoms. The van der Waals surface area contributed by atoms with Gasteiger partial charge in [0.2, 0.25) is 0 Å². The Morgan fingerprint density at radius 2 is 2.17 bits per heavy atom. The van der Waals surface area contributed by atoms with E-state index in [2.05, 4.69) is 9.97 Å². The SMILES string of the molecule is CCOC(=O)c1c(-c2ccc(OC)c([N+](=O)[O-])c2)nc(=S)[nH]c1C. The van der Waals surface area contributed by atoms with Gasteiger partial charge in [0, 0.05) is 17.3 Å². The van der Waals surface area contributed by atoms with Crippen LogP contribution < -0.4 is 4.74 Å². The van der Waals surface area contributed by atoms with Crippen molar-refractivity contribution in [3.8, 4) is 17.0 Å². The number of rotatable bonds is 5. The minimum absolute atomic E-state index is 0.110. The largest absolute Gasteiger partial charge is 0.490 e. The van der Waals surface area contributed by atoms with Crippen LogP contribution in [-0.2, 0) is 4.74 Å². The van der Waals surface area contributed by atoms with Gasteiger partial charge in [0.1, 0.15) is 5.56 Å². The lowest BCUT2D eigenvalue weighted by atomic mass is 10.0. The number of nitro groups is 1. The van der Waals surface area contributed by atoms with E-state index in [1.54, 1.807) is 19.9 Å². The van der Waals surface area contributed by atoms with Crippen molar-refractivity contribution in [2.75, 3.05) is 13.7 Å². The lowest BCUT2D eigenvalue weighted by Crippen LogP contribution is -2.11. The van der Waals surface area contributed by atoms with Crippen LogP contribution in [0.15, 0.2) is 18.2 Å². The van der Waals surface area contributed by atoms with E-state index in [1.807, 2.05) is 0 Å². The highest BCUT2D eigenvalue weighted by Gasteiger charge is 2.22. The maximum atomic E-state index is 12.2. The fourth-order valence-corrected chi connectivity index (χ4v) is 2.47. The lowest BCUT2D eigenvalue weighted by molar-refractivity contribution is -0.385. The van der Waals surface area contributed by atoms with Crippen molar-refractivity contribution < 1.29 is 19.2 Å². The van der Waals surface area contributed by atoms with E-state index < -0.39 is 10.9 Å². The number of H-pyrrole nitrogens is 1. The number of nitro benzene ring substituents is 1. The van der Waals surface area contributed by atoms with Gasteiger partial charge in [0.05, 0.1) is 24.3 Å². The van der Waals surface area contributed by atoms with E-state index in [9.17, 15) is 14.9 Å². The van der Waals surface area contributed by atoms with Crippen molar-refractivity contribution in [1.82, 2.24) is 9.97 Å². The van der Waals surface area contributed by atoms with Crippen LogP contribution in [-0.4, -0.2) is 34.6 Å². The highest BCUT2D eigenvalue weighted by atomic mass is 32.1. The fourth-order valence-electron chi connectivity index (χ4n) is 2.23. The maximum Gasteiger partial charge on any atom is 0.342 e. The molecule has 0 amide bonds.